The molecule has 39 heavy (non-hydrogen) atoms. The number of alkyl halides is 6. The zero-order valence-electron chi connectivity index (χ0n) is 20.1. The van der Waals surface area contributed by atoms with Crippen LogP contribution in [0.1, 0.15) is 29.8 Å². The maximum absolute atomic E-state index is 12.4. The number of hydrogen-bond acceptors (Lipinski definition) is 7. The van der Waals surface area contributed by atoms with Gasteiger partial charge in [-0.15, -0.1) is 11.3 Å². The number of amides is 1. The third-order valence-corrected chi connectivity index (χ3v) is 6.41. The van der Waals surface area contributed by atoms with Crippen molar-refractivity contribution < 1.29 is 55.7 Å². The van der Waals surface area contributed by atoms with Crippen LogP contribution in [0.3, 0.4) is 0 Å². The molecule has 2 aromatic heterocycles. The SMILES string of the molecule is O=C(NCc1ccccn1)[C@@H]1CC[C@@H]2[C@@H](CCN2Cc2cccs2)O1.O=C(O)C(F)(F)F.O=C(O)C(F)(F)F. The number of rotatable bonds is 5. The van der Waals surface area contributed by atoms with Gasteiger partial charge in [-0.05, 0) is 42.8 Å². The molecule has 2 fully saturated rings. The molecule has 216 valence electrons. The fourth-order valence-electron chi connectivity index (χ4n) is 3.80. The van der Waals surface area contributed by atoms with Crippen molar-refractivity contribution in [3.05, 3.63) is 52.5 Å². The molecule has 0 bridgehead atoms. The first-order valence-corrected chi connectivity index (χ1v) is 12.3. The summed E-state index contributed by atoms with van der Waals surface area (Å²) in [6, 6.07) is 10.5. The summed E-state index contributed by atoms with van der Waals surface area (Å²) < 4.78 is 69.6. The van der Waals surface area contributed by atoms with Gasteiger partial charge in [-0.3, -0.25) is 14.7 Å². The third kappa shape index (κ3) is 10.8. The van der Waals surface area contributed by atoms with Crippen molar-refractivity contribution in [2.24, 2.45) is 0 Å². The number of carboxylic acid groups (broad SMARTS) is 2. The van der Waals surface area contributed by atoms with Crippen LogP contribution in [0.25, 0.3) is 0 Å². The number of carboxylic acids is 2. The maximum Gasteiger partial charge on any atom is 0.490 e. The van der Waals surface area contributed by atoms with Crippen LogP contribution in [0.5, 0.6) is 0 Å². The van der Waals surface area contributed by atoms with Gasteiger partial charge >= 0.3 is 24.3 Å². The molecule has 0 spiro atoms. The Hall–Kier alpha value is -3.24. The first kappa shape index (κ1) is 32.0. The monoisotopic (exact) mass is 585 g/mol. The number of thiophene rings is 1. The highest BCUT2D eigenvalue weighted by Crippen LogP contribution is 2.33. The van der Waals surface area contributed by atoms with Crippen molar-refractivity contribution in [3.63, 3.8) is 0 Å². The summed E-state index contributed by atoms with van der Waals surface area (Å²) in [4.78, 5) is 38.4. The number of ether oxygens (including phenoxy) is 1. The average Bonchev–Trinajstić information content (AvgIpc) is 3.53. The fourth-order valence-corrected chi connectivity index (χ4v) is 4.53. The molecule has 3 N–H and O–H groups in total. The Labute approximate surface area is 222 Å². The first-order chi connectivity index (χ1) is 18.2. The number of aromatic nitrogens is 1. The van der Waals surface area contributed by atoms with E-state index in [0.29, 0.717) is 12.6 Å². The molecule has 2 aromatic rings. The predicted octanol–water partition coefficient (Wildman–Crippen LogP) is 3.85. The molecule has 0 saturated carbocycles. The molecule has 0 aliphatic carbocycles. The van der Waals surface area contributed by atoms with E-state index < -0.39 is 24.3 Å². The number of nitrogens with one attached hydrogen (secondary N) is 1. The summed E-state index contributed by atoms with van der Waals surface area (Å²) in [6.07, 6.45) is -5.75. The van der Waals surface area contributed by atoms with Crippen molar-refractivity contribution in [2.45, 2.75) is 63.0 Å². The molecule has 4 heterocycles. The third-order valence-electron chi connectivity index (χ3n) is 5.55. The van der Waals surface area contributed by atoms with Crippen molar-refractivity contribution >= 4 is 29.2 Å². The van der Waals surface area contributed by atoms with Gasteiger partial charge in [0.1, 0.15) is 6.10 Å². The normalized spacial score (nSPS) is 20.9. The second-order valence-corrected chi connectivity index (χ2v) is 9.32. The lowest BCUT2D eigenvalue weighted by molar-refractivity contribution is -0.193. The van der Waals surface area contributed by atoms with Crippen molar-refractivity contribution in [1.29, 1.82) is 0 Å². The van der Waals surface area contributed by atoms with E-state index in [1.807, 2.05) is 18.2 Å². The minimum atomic E-state index is -5.08. The van der Waals surface area contributed by atoms with Crippen LogP contribution in [0, 0.1) is 0 Å². The maximum atomic E-state index is 12.4. The van der Waals surface area contributed by atoms with Gasteiger partial charge in [0.2, 0.25) is 5.91 Å². The molecule has 2 aliphatic heterocycles. The van der Waals surface area contributed by atoms with E-state index in [2.05, 4.69) is 32.7 Å². The molecule has 3 atom stereocenters. The summed E-state index contributed by atoms with van der Waals surface area (Å²) in [5.41, 5.74) is 0.868. The van der Waals surface area contributed by atoms with E-state index >= 15 is 0 Å². The van der Waals surface area contributed by atoms with Crippen LogP contribution < -0.4 is 5.32 Å². The number of hydrogen-bond donors (Lipinski definition) is 3. The van der Waals surface area contributed by atoms with Crippen LogP contribution in [0.15, 0.2) is 41.9 Å². The predicted molar refractivity (Wildman–Crippen MR) is 124 cm³/mol. The van der Waals surface area contributed by atoms with Crippen LogP contribution in [-0.4, -0.2) is 75.1 Å². The van der Waals surface area contributed by atoms with Crippen molar-refractivity contribution in [1.82, 2.24) is 15.2 Å². The highest BCUT2D eigenvalue weighted by molar-refractivity contribution is 7.09. The molecule has 0 unspecified atom stereocenters. The Kier molecular flexibility index (Phi) is 11.7. The fraction of sp³-hybridized carbons (Fsp3) is 0.478. The summed E-state index contributed by atoms with van der Waals surface area (Å²) >= 11 is 1.81. The average molecular weight is 586 g/mol. The minimum Gasteiger partial charge on any atom is -0.475 e. The standard InChI is InChI=1S/C19H23N3O2S.2C2HF3O2/c23-19(21-12-14-4-1-2-9-20-14)18-7-6-16-17(24-18)8-10-22(16)13-15-5-3-11-25-15;2*3-2(4,5)1(6)7/h1-5,9,11,16-18H,6-8,10,12-13H2,(H,21,23);2*(H,6,7)/t16-,17-,18+;;/m1../s1. The van der Waals surface area contributed by atoms with E-state index in [9.17, 15) is 31.1 Å². The largest absolute Gasteiger partial charge is 0.490 e. The van der Waals surface area contributed by atoms with Crippen molar-refractivity contribution in [2.75, 3.05) is 6.54 Å². The smallest absolute Gasteiger partial charge is 0.475 e. The number of fused-ring (bicyclic) bond motifs is 1. The number of carbonyl (C=O) groups excluding carboxylic acids is 1. The summed E-state index contributed by atoms with van der Waals surface area (Å²) in [5.74, 6) is -5.53. The molecule has 0 aromatic carbocycles. The molecule has 2 aliphatic rings. The van der Waals surface area contributed by atoms with Gasteiger partial charge in [-0.1, -0.05) is 12.1 Å². The quantitative estimate of drug-likeness (QED) is 0.452. The molecular formula is C23H25F6N3O6S. The first-order valence-electron chi connectivity index (χ1n) is 11.4. The van der Waals surface area contributed by atoms with Crippen LogP contribution in [0.2, 0.25) is 0 Å². The molecule has 9 nitrogen and oxygen atoms in total. The highest BCUT2D eigenvalue weighted by atomic mass is 32.1. The van der Waals surface area contributed by atoms with E-state index in [1.165, 1.54) is 4.88 Å². The molecule has 1 amide bonds. The second-order valence-electron chi connectivity index (χ2n) is 8.29. The molecular weight excluding hydrogens is 560 g/mol. The van der Waals surface area contributed by atoms with E-state index in [-0.39, 0.29) is 18.1 Å². The molecule has 2 saturated heterocycles. The number of likely N-dealkylation sites (tertiary alicyclic amines) is 1. The van der Waals surface area contributed by atoms with E-state index in [1.54, 1.807) is 17.5 Å². The zero-order chi connectivity index (χ0) is 29.2. The Morgan fingerprint density at radius 1 is 1.00 bits per heavy atom. The number of carbonyl (C=O) groups is 3. The van der Waals surface area contributed by atoms with Gasteiger partial charge in [-0.2, -0.15) is 26.3 Å². The van der Waals surface area contributed by atoms with Gasteiger partial charge in [0.15, 0.2) is 0 Å². The lowest BCUT2D eigenvalue weighted by Crippen LogP contribution is -2.47. The number of aliphatic carboxylic acids is 2. The summed E-state index contributed by atoms with van der Waals surface area (Å²) in [5, 5.41) is 19.3. The summed E-state index contributed by atoms with van der Waals surface area (Å²) in [7, 11) is 0. The number of halogens is 6. The number of nitrogens with zero attached hydrogens (tertiary/aromatic N) is 2. The molecule has 4 rings (SSSR count). The lowest BCUT2D eigenvalue weighted by Gasteiger charge is -2.35. The van der Waals surface area contributed by atoms with Gasteiger partial charge in [0, 0.05) is 30.2 Å². The van der Waals surface area contributed by atoms with Gasteiger partial charge in [0.05, 0.1) is 18.3 Å². The van der Waals surface area contributed by atoms with E-state index in [4.69, 9.17) is 24.5 Å². The Bertz CT molecular complexity index is 1040. The van der Waals surface area contributed by atoms with Crippen LogP contribution >= 0.6 is 11.3 Å². The minimum absolute atomic E-state index is 0.0131. The van der Waals surface area contributed by atoms with Gasteiger partial charge < -0.3 is 20.3 Å². The van der Waals surface area contributed by atoms with Gasteiger partial charge in [0.25, 0.3) is 0 Å². The highest BCUT2D eigenvalue weighted by Gasteiger charge is 2.42. The Morgan fingerprint density at radius 3 is 2.15 bits per heavy atom. The van der Waals surface area contributed by atoms with Crippen LogP contribution in [0.4, 0.5) is 26.3 Å². The topological polar surface area (TPSA) is 129 Å². The van der Waals surface area contributed by atoms with Gasteiger partial charge in [-0.25, -0.2) is 9.59 Å². The number of pyridine rings is 1. The van der Waals surface area contributed by atoms with Crippen LogP contribution in [-0.2, 0) is 32.2 Å². The lowest BCUT2D eigenvalue weighted by atomic mass is 9.98. The zero-order valence-corrected chi connectivity index (χ0v) is 20.9. The Balaban J connectivity index is 0.000000317. The summed E-state index contributed by atoms with van der Waals surface area (Å²) in [6.45, 7) is 2.51. The second kappa shape index (κ2) is 14.2. The molecule has 16 heteroatoms. The Morgan fingerprint density at radius 2 is 1.64 bits per heavy atom. The van der Waals surface area contributed by atoms with Crippen molar-refractivity contribution in [3.8, 4) is 0 Å². The molecule has 0 radical (unpaired) electrons. The van der Waals surface area contributed by atoms with E-state index in [0.717, 1.165) is 38.0 Å².